The second-order valence-electron chi connectivity index (χ2n) is 6.47. The first kappa shape index (κ1) is 15.0. The third-order valence-corrected chi connectivity index (χ3v) is 4.38. The van der Waals surface area contributed by atoms with Gasteiger partial charge in [0.25, 0.3) is 0 Å². The van der Waals surface area contributed by atoms with E-state index in [2.05, 4.69) is 19.9 Å². The number of pyridine rings is 1. The molecular weight excluding hydrogens is 306 g/mol. The lowest BCUT2D eigenvalue weighted by molar-refractivity contribution is 0.165. The summed E-state index contributed by atoms with van der Waals surface area (Å²) < 4.78 is 7.97. The third-order valence-electron chi connectivity index (χ3n) is 4.38. The number of carbonyl (C=O) groups excluding carboxylic acids is 1. The van der Waals surface area contributed by atoms with E-state index in [1.807, 2.05) is 23.2 Å². The van der Waals surface area contributed by atoms with Crippen molar-refractivity contribution in [1.82, 2.24) is 24.8 Å². The van der Waals surface area contributed by atoms with Crippen LogP contribution >= 0.6 is 0 Å². The van der Waals surface area contributed by atoms with Crippen LogP contribution in [0, 0.1) is 5.92 Å². The number of carbonyl (C=O) groups is 1. The number of aromatic nitrogens is 3. The average molecular weight is 327 g/mol. The summed E-state index contributed by atoms with van der Waals surface area (Å²) in [6.07, 6.45) is 9.35. The number of nitrogens with one attached hydrogen (secondary N) is 1. The lowest BCUT2D eigenvalue weighted by Gasteiger charge is -2.24. The Morgan fingerprint density at radius 3 is 3.04 bits per heavy atom. The molecule has 1 aliphatic carbocycles. The van der Waals surface area contributed by atoms with Gasteiger partial charge in [0.15, 0.2) is 0 Å². The molecule has 7 heteroatoms. The number of ether oxygens (including phenoxy) is 1. The van der Waals surface area contributed by atoms with Gasteiger partial charge in [-0.1, -0.05) is 0 Å². The van der Waals surface area contributed by atoms with E-state index >= 15 is 0 Å². The summed E-state index contributed by atoms with van der Waals surface area (Å²) in [5, 5.41) is 3.07. The van der Waals surface area contributed by atoms with Crippen molar-refractivity contribution in [2.45, 2.75) is 32.0 Å². The van der Waals surface area contributed by atoms with Crippen molar-refractivity contribution in [2.24, 2.45) is 5.92 Å². The second-order valence-corrected chi connectivity index (χ2v) is 6.47. The predicted molar refractivity (Wildman–Crippen MR) is 87.4 cm³/mol. The van der Waals surface area contributed by atoms with Crippen molar-refractivity contribution in [1.29, 1.82) is 0 Å². The molecule has 2 amide bonds. The topological polar surface area (TPSA) is 72.3 Å². The molecule has 1 N–H and O–H groups in total. The highest BCUT2D eigenvalue weighted by Gasteiger charge is 2.30. The zero-order chi connectivity index (χ0) is 16.4. The Kier molecular flexibility index (Phi) is 4.06. The fourth-order valence-electron chi connectivity index (χ4n) is 2.94. The van der Waals surface area contributed by atoms with Gasteiger partial charge in [-0.15, -0.1) is 0 Å². The number of hydrogen-bond acceptors (Lipinski definition) is 4. The van der Waals surface area contributed by atoms with Gasteiger partial charge >= 0.3 is 6.03 Å². The average Bonchev–Trinajstić information content (AvgIpc) is 3.35. The number of urea groups is 1. The third kappa shape index (κ3) is 3.50. The van der Waals surface area contributed by atoms with E-state index in [9.17, 15) is 4.79 Å². The van der Waals surface area contributed by atoms with Crippen molar-refractivity contribution in [3.8, 4) is 5.75 Å². The van der Waals surface area contributed by atoms with Crippen LogP contribution in [0.2, 0.25) is 0 Å². The number of fused-ring (bicyclic) bond motifs is 1. The van der Waals surface area contributed by atoms with E-state index < -0.39 is 0 Å². The molecule has 1 saturated carbocycles. The van der Waals surface area contributed by atoms with Gasteiger partial charge in [-0.05, 0) is 25.0 Å². The van der Waals surface area contributed by atoms with Gasteiger partial charge in [0, 0.05) is 43.6 Å². The van der Waals surface area contributed by atoms with Crippen LogP contribution in [0.3, 0.4) is 0 Å². The summed E-state index contributed by atoms with van der Waals surface area (Å²) in [6.45, 7) is 2.52. The first-order valence-electron chi connectivity index (χ1n) is 8.36. The van der Waals surface area contributed by atoms with Crippen molar-refractivity contribution in [3.05, 3.63) is 42.7 Å². The molecule has 2 aliphatic rings. The summed E-state index contributed by atoms with van der Waals surface area (Å²) in [4.78, 5) is 22.8. The monoisotopic (exact) mass is 327 g/mol. The molecule has 24 heavy (non-hydrogen) atoms. The summed E-state index contributed by atoms with van der Waals surface area (Å²) in [5.74, 6) is 1.87. The van der Waals surface area contributed by atoms with Crippen molar-refractivity contribution in [2.75, 3.05) is 13.2 Å². The standard InChI is InChI=1S/C17H21N5O2/c23-17(20-14-3-4-14)22-10-13(9-21-7-6-19-16(21)11-22)12-24-15-2-1-5-18-8-15/h1-2,5-8,13-14H,3-4,9-12H2,(H,20,23)/t13-/m0/s1. The molecule has 2 aromatic rings. The number of rotatable bonds is 4. The molecule has 126 valence electrons. The fraction of sp³-hybridized carbons (Fsp3) is 0.471. The van der Waals surface area contributed by atoms with Gasteiger partial charge in [-0.2, -0.15) is 0 Å². The Morgan fingerprint density at radius 1 is 1.33 bits per heavy atom. The number of amides is 2. The van der Waals surface area contributed by atoms with Crippen LogP contribution < -0.4 is 10.1 Å². The molecule has 0 unspecified atom stereocenters. The van der Waals surface area contributed by atoms with E-state index in [0.29, 0.717) is 25.7 Å². The van der Waals surface area contributed by atoms with Crippen LogP contribution in [0.1, 0.15) is 18.7 Å². The van der Waals surface area contributed by atoms with Gasteiger partial charge in [0.05, 0.1) is 19.3 Å². The SMILES string of the molecule is O=C(NC1CC1)N1Cc2nccn2C[C@H](COc2cccnc2)C1. The summed E-state index contributed by atoms with van der Waals surface area (Å²) in [7, 11) is 0. The number of hydrogen-bond donors (Lipinski definition) is 1. The highest BCUT2D eigenvalue weighted by atomic mass is 16.5. The van der Waals surface area contributed by atoms with Gasteiger partial charge in [0.2, 0.25) is 0 Å². The van der Waals surface area contributed by atoms with Crippen LogP contribution in [0.25, 0.3) is 0 Å². The van der Waals surface area contributed by atoms with Gasteiger partial charge in [-0.25, -0.2) is 9.78 Å². The van der Waals surface area contributed by atoms with Crippen LogP contribution in [0.5, 0.6) is 5.75 Å². The smallest absolute Gasteiger partial charge is 0.318 e. The quantitative estimate of drug-likeness (QED) is 0.927. The van der Waals surface area contributed by atoms with Crippen LogP contribution in [0.4, 0.5) is 4.79 Å². The zero-order valence-electron chi connectivity index (χ0n) is 13.5. The lowest BCUT2D eigenvalue weighted by Crippen LogP contribution is -2.43. The first-order chi connectivity index (χ1) is 11.8. The van der Waals surface area contributed by atoms with Crippen molar-refractivity contribution >= 4 is 6.03 Å². The Balaban J connectivity index is 1.45. The molecule has 3 heterocycles. The summed E-state index contributed by atoms with van der Waals surface area (Å²) in [5.41, 5.74) is 0. The fourth-order valence-corrected chi connectivity index (χ4v) is 2.94. The van der Waals surface area contributed by atoms with Crippen LogP contribution in [0.15, 0.2) is 36.9 Å². The highest BCUT2D eigenvalue weighted by molar-refractivity contribution is 5.74. The van der Waals surface area contributed by atoms with E-state index in [1.54, 1.807) is 18.6 Å². The largest absolute Gasteiger partial charge is 0.492 e. The lowest BCUT2D eigenvalue weighted by atomic mass is 10.1. The minimum atomic E-state index is 0.000303. The van der Waals surface area contributed by atoms with E-state index in [4.69, 9.17) is 4.74 Å². The molecule has 4 rings (SSSR count). The molecule has 2 aromatic heterocycles. The van der Waals surface area contributed by atoms with E-state index in [1.165, 1.54) is 0 Å². The molecular formula is C17H21N5O2. The molecule has 7 nitrogen and oxygen atoms in total. The maximum atomic E-state index is 12.5. The van der Waals surface area contributed by atoms with Gasteiger partial charge in [0.1, 0.15) is 11.6 Å². The zero-order valence-corrected chi connectivity index (χ0v) is 13.5. The number of imidazole rings is 1. The summed E-state index contributed by atoms with van der Waals surface area (Å²) in [6, 6.07) is 4.10. The molecule has 0 bridgehead atoms. The molecule has 0 aromatic carbocycles. The van der Waals surface area contributed by atoms with Crippen LogP contribution in [-0.4, -0.2) is 44.7 Å². The van der Waals surface area contributed by atoms with Crippen molar-refractivity contribution < 1.29 is 9.53 Å². The second kappa shape index (κ2) is 6.51. The normalized spacial score (nSPS) is 20.2. The molecule has 1 aliphatic heterocycles. The predicted octanol–water partition coefficient (Wildman–Crippen LogP) is 1.66. The minimum absolute atomic E-state index is 0.000303. The van der Waals surface area contributed by atoms with Crippen LogP contribution in [-0.2, 0) is 13.1 Å². The Bertz CT molecular complexity index is 698. The number of nitrogens with zero attached hydrogens (tertiary/aromatic N) is 4. The van der Waals surface area contributed by atoms with E-state index in [0.717, 1.165) is 31.0 Å². The minimum Gasteiger partial charge on any atom is -0.492 e. The Hall–Kier alpha value is -2.57. The Labute approximate surface area is 140 Å². The molecule has 1 fully saturated rings. The van der Waals surface area contributed by atoms with Gasteiger partial charge in [-0.3, -0.25) is 4.98 Å². The molecule has 0 radical (unpaired) electrons. The molecule has 1 atom stereocenters. The first-order valence-corrected chi connectivity index (χ1v) is 8.36. The Morgan fingerprint density at radius 2 is 2.25 bits per heavy atom. The molecule has 0 saturated heterocycles. The highest BCUT2D eigenvalue weighted by Crippen LogP contribution is 2.21. The summed E-state index contributed by atoms with van der Waals surface area (Å²) >= 11 is 0. The van der Waals surface area contributed by atoms with E-state index in [-0.39, 0.29) is 11.9 Å². The van der Waals surface area contributed by atoms with Crippen molar-refractivity contribution in [3.63, 3.8) is 0 Å². The van der Waals surface area contributed by atoms with Gasteiger partial charge < -0.3 is 19.5 Å². The maximum Gasteiger partial charge on any atom is 0.318 e. The maximum absolute atomic E-state index is 12.5. The molecule has 0 spiro atoms.